The summed E-state index contributed by atoms with van der Waals surface area (Å²) in [7, 11) is 0. The molecule has 2 heterocycles. The van der Waals surface area contributed by atoms with Gasteiger partial charge in [0.05, 0.1) is 0 Å². The van der Waals surface area contributed by atoms with Crippen LogP contribution in [0, 0.1) is 13.8 Å². The molecule has 0 aromatic heterocycles. The molecule has 0 aliphatic carbocycles. The van der Waals surface area contributed by atoms with Gasteiger partial charge in [0.25, 0.3) is 0 Å². The van der Waals surface area contributed by atoms with Crippen molar-refractivity contribution < 1.29 is 12.4 Å². The normalized spacial score (nSPS) is 16.6. The summed E-state index contributed by atoms with van der Waals surface area (Å²) in [5, 5.41) is 0. The molecule has 3 aromatic rings. The standard InChI is InChI=1S/C23H21NO3Se/c1-15-8-10-18-21(13-15)28(25,26)22-14-16(2)9-11-19(22)24(18)20-7-3-5-17-6-4-12-27-23(17)20/h3,5,7-11,13-14H,4,6,12H2,1-2H3. The molecular weight excluding hydrogens is 417 g/mol. The topological polar surface area (TPSA) is 46.6 Å². The number of rotatable bonds is 1. The third-order valence-corrected chi connectivity index (χ3v) is 9.25. The molecule has 0 fully saturated rings. The molecule has 0 bridgehead atoms. The van der Waals surface area contributed by atoms with Crippen LogP contribution in [0.15, 0.2) is 54.6 Å². The van der Waals surface area contributed by atoms with E-state index in [1.54, 1.807) is 12.1 Å². The van der Waals surface area contributed by atoms with Crippen molar-refractivity contribution in [3.8, 4) is 5.75 Å². The minimum absolute atomic E-state index is 0.419. The van der Waals surface area contributed by atoms with Crippen molar-refractivity contribution in [2.45, 2.75) is 26.7 Å². The van der Waals surface area contributed by atoms with Crippen LogP contribution in [0.25, 0.3) is 0 Å². The molecule has 0 spiro atoms. The van der Waals surface area contributed by atoms with Crippen LogP contribution >= 0.6 is 0 Å². The van der Waals surface area contributed by atoms with Gasteiger partial charge in [-0.3, -0.25) is 0 Å². The number of nitrogens with zero attached hydrogens (tertiary/aromatic N) is 1. The van der Waals surface area contributed by atoms with E-state index in [0.29, 0.717) is 26.9 Å². The van der Waals surface area contributed by atoms with E-state index in [0.717, 1.165) is 35.4 Å². The molecule has 0 N–H and O–H groups in total. The second-order valence-corrected chi connectivity index (χ2v) is 11.5. The quantitative estimate of drug-likeness (QED) is 0.424. The summed E-state index contributed by atoms with van der Waals surface area (Å²) in [4.78, 5) is 2.05. The molecule has 0 atom stereocenters. The molecule has 5 rings (SSSR count). The van der Waals surface area contributed by atoms with Crippen LogP contribution in [0.4, 0.5) is 17.1 Å². The summed E-state index contributed by atoms with van der Waals surface area (Å²) < 4.78 is 33.9. The molecule has 4 nitrogen and oxygen atoms in total. The van der Waals surface area contributed by atoms with E-state index in [1.165, 1.54) is 5.56 Å². The first-order chi connectivity index (χ1) is 13.5. The SMILES string of the molecule is Cc1ccc2c(c1)[Se](=O)(=O)c1cc(C)ccc1N2c1cccc2c1OCCC2. The second kappa shape index (κ2) is 6.20. The van der Waals surface area contributed by atoms with Gasteiger partial charge in [-0.2, -0.15) is 0 Å². The third-order valence-electron chi connectivity index (χ3n) is 5.45. The van der Waals surface area contributed by atoms with Gasteiger partial charge < -0.3 is 0 Å². The van der Waals surface area contributed by atoms with E-state index in [1.807, 2.05) is 50.2 Å². The van der Waals surface area contributed by atoms with Crippen LogP contribution in [0.5, 0.6) is 5.75 Å². The summed E-state index contributed by atoms with van der Waals surface area (Å²) in [6, 6.07) is 17.5. The summed E-state index contributed by atoms with van der Waals surface area (Å²) in [5.74, 6) is 0.861. The fraction of sp³-hybridized carbons (Fsp3) is 0.217. The summed E-state index contributed by atoms with van der Waals surface area (Å²) >= 11 is -4.50. The summed E-state index contributed by atoms with van der Waals surface area (Å²) in [6.07, 6.45) is 1.97. The number of hydrogen-bond donors (Lipinski definition) is 0. The monoisotopic (exact) mass is 439 g/mol. The van der Waals surface area contributed by atoms with Gasteiger partial charge in [-0.1, -0.05) is 0 Å². The van der Waals surface area contributed by atoms with Crippen LogP contribution in [-0.2, 0) is 14.1 Å². The molecule has 142 valence electrons. The van der Waals surface area contributed by atoms with Crippen molar-refractivity contribution in [2.75, 3.05) is 11.5 Å². The van der Waals surface area contributed by atoms with Crippen LogP contribution in [0.1, 0.15) is 23.1 Å². The van der Waals surface area contributed by atoms with E-state index < -0.39 is 12.7 Å². The molecule has 0 saturated carbocycles. The molecular formula is C23H21NO3Se. The maximum atomic E-state index is 13.5. The van der Waals surface area contributed by atoms with E-state index in [-0.39, 0.29) is 0 Å². The van der Waals surface area contributed by atoms with Gasteiger partial charge in [0.15, 0.2) is 0 Å². The third kappa shape index (κ3) is 2.50. The average molecular weight is 438 g/mol. The Morgan fingerprint density at radius 3 is 2.14 bits per heavy atom. The zero-order valence-electron chi connectivity index (χ0n) is 15.9. The van der Waals surface area contributed by atoms with Crippen molar-refractivity contribution in [3.05, 3.63) is 71.3 Å². The van der Waals surface area contributed by atoms with Crippen molar-refractivity contribution in [1.82, 2.24) is 0 Å². The Morgan fingerprint density at radius 2 is 1.50 bits per heavy atom. The van der Waals surface area contributed by atoms with Crippen molar-refractivity contribution in [1.29, 1.82) is 0 Å². The number of benzene rings is 3. The first kappa shape index (κ1) is 17.5. The Labute approximate surface area is 166 Å². The van der Waals surface area contributed by atoms with Crippen molar-refractivity contribution in [3.63, 3.8) is 0 Å². The Bertz CT molecular complexity index is 1160. The van der Waals surface area contributed by atoms with Gasteiger partial charge in [0, 0.05) is 0 Å². The Balaban J connectivity index is 1.86. The summed E-state index contributed by atoms with van der Waals surface area (Å²) in [5.41, 5.74) is 5.36. The van der Waals surface area contributed by atoms with E-state index >= 15 is 0 Å². The minimum atomic E-state index is -4.50. The molecule has 3 aromatic carbocycles. The molecule has 5 heteroatoms. The zero-order valence-corrected chi connectivity index (χ0v) is 17.6. The number of para-hydroxylation sites is 1. The van der Waals surface area contributed by atoms with Gasteiger partial charge in [-0.05, 0) is 0 Å². The van der Waals surface area contributed by atoms with Gasteiger partial charge in [0.2, 0.25) is 0 Å². The Hall–Kier alpha value is -2.62. The number of ether oxygens (including phenoxy) is 1. The first-order valence-corrected chi connectivity index (χ1v) is 12.6. The fourth-order valence-corrected chi connectivity index (χ4v) is 7.85. The molecule has 2 aliphatic rings. The number of fused-ring (bicyclic) bond motifs is 3. The Kier molecular flexibility index (Phi) is 3.87. The summed E-state index contributed by atoms with van der Waals surface area (Å²) in [6.45, 7) is 4.54. The van der Waals surface area contributed by atoms with Gasteiger partial charge in [-0.15, -0.1) is 0 Å². The predicted molar refractivity (Wildman–Crippen MR) is 111 cm³/mol. The number of anilines is 3. The first-order valence-electron chi connectivity index (χ1n) is 9.48. The maximum absolute atomic E-state index is 13.5. The van der Waals surface area contributed by atoms with Gasteiger partial charge in [-0.25, -0.2) is 0 Å². The molecule has 0 unspecified atom stereocenters. The molecule has 0 amide bonds. The predicted octanol–water partition coefficient (Wildman–Crippen LogP) is 3.83. The van der Waals surface area contributed by atoms with E-state index in [4.69, 9.17) is 4.74 Å². The van der Waals surface area contributed by atoms with Gasteiger partial charge >= 0.3 is 166 Å². The van der Waals surface area contributed by atoms with Gasteiger partial charge in [0.1, 0.15) is 0 Å². The number of aryl methyl sites for hydroxylation is 3. The molecule has 28 heavy (non-hydrogen) atoms. The number of hydrogen-bond acceptors (Lipinski definition) is 4. The second-order valence-electron chi connectivity index (χ2n) is 7.50. The molecule has 2 aliphatic heterocycles. The van der Waals surface area contributed by atoms with E-state index in [9.17, 15) is 7.67 Å². The van der Waals surface area contributed by atoms with Crippen LogP contribution in [0.2, 0.25) is 0 Å². The molecule has 0 radical (unpaired) electrons. The van der Waals surface area contributed by atoms with Crippen molar-refractivity contribution >= 4 is 38.7 Å². The van der Waals surface area contributed by atoms with Crippen LogP contribution < -0.4 is 18.6 Å². The van der Waals surface area contributed by atoms with Crippen LogP contribution in [0.3, 0.4) is 0 Å². The average Bonchev–Trinajstić information content (AvgIpc) is 2.69. The fourth-order valence-electron chi connectivity index (χ4n) is 4.10. The Morgan fingerprint density at radius 1 is 0.857 bits per heavy atom. The van der Waals surface area contributed by atoms with Crippen molar-refractivity contribution in [2.24, 2.45) is 0 Å². The van der Waals surface area contributed by atoms with E-state index in [2.05, 4.69) is 11.0 Å². The van der Waals surface area contributed by atoms with Crippen LogP contribution in [-0.4, -0.2) is 19.3 Å². The molecule has 0 saturated heterocycles. The zero-order chi connectivity index (χ0) is 19.5.